The topological polar surface area (TPSA) is 43.4 Å². The molecule has 0 aromatic carbocycles. The van der Waals surface area contributed by atoms with Gasteiger partial charge in [0.25, 0.3) is 0 Å². The molecule has 1 aliphatic rings. The molecule has 1 rings (SSSR count). The third kappa shape index (κ3) is 3.38. The Morgan fingerprint density at radius 2 is 2.31 bits per heavy atom. The van der Waals surface area contributed by atoms with E-state index in [4.69, 9.17) is 0 Å². The highest BCUT2D eigenvalue weighted by Gasteiger charge is 2.44. The van der Waals surface area contributed by atoms with E-state index in [1.165, 1.54) is 7.11 Å². The lowest BCUT2D eigenvalue weighted by atomic mass is 10.1. The molecule has 4 heteroatoms. The van der Waals surface area contributed by atoms with Gasteiger partial charge in [0.05, 0.1) is 13.5 Å². The molecule has 13 heavy (non-hydrogen) atoms. The number of methoxy groups -OCH3 is 1. The van der Waals surface area contributed by atoms with Gasteiger partial charge in [0, 0.05) is 5.75 Å². The molecule has 0 spiro atoms. The maximum Gasteiger partial charge on any atom is 0.306 e. The molecule has 1 aliphatic carbocycles. The summed E-state index contributed by atoms with van der Waals surface area (Å²) in [6.45, 7) is 0. The molecule has 0 atom stereocenters. The van der Waals surface area contributed by atoms with Gasteiger partial charge in [-0.1, -0.05) is 0 Å². The second kappa shape index (κ2) is 4.65. The highest BCUT2D eigenvalue weighted by atomic mass is 32.2. The van der Waals surface area contributed by atoms with Crippen LogP contribution in [0.25, 0.3) is 0 Å². The Kier molecular flexibility index (Phi) is 3.78. The fourth-order valence-electron chi connectivity index (χ4n) is 1.25. The van der Waals surface area contributed by atoms with Crippen LogP contribution in [0, 0.1) is 5.41 Å². The fraction of sp³-hybridized carbons (Fsp3) is 0.778. The van der Waals surface area contributed by atoms with Crippen LogP contribution in [0.3, 0.4) is 0 Å². The summed E-state index contributed by atoms with van der Waals surface area (Å²) >= 11 is 1.60. The molecule has 0 radical (unpaired) electrons. The summed E-state index contributed by atoms with van der Waals surface area (Å²) in [4.78, 5) is 21.1. The summed E-state index contributed by atoms with van der Waals surface area (Å²) in [5.41, 5.74) is 0.154. The first-order valence-corrected chi connectivity index (χ1v) is 5.46. The second-order valence-corrected chi connectivity index (χ2v) is 4.46. The number of esters is 1. The van der Waals surface area contributed by atoms with Crippen LogP contribution in [-0.2, 0) is 14.3 Å². The van der Waals surface area contributed by atoms with Gasteiger partial charge < -0.3 is 9.53 Å². The predicted molar refractivity (Wildman–Crippen MR) is 51.7 cm³/mol. The highest BCUT2D eigenvalue weighted by molar-refractivity contribution is 7.99. The normalized spacial score (nSPS) is 17.9. The van der Waals surface area contributed by atoms with Crippen molar-refractivity contribution in [1.82, 2.24) is 0 Å². The smallest absolute Gasteiger partial charge is 0.306 e. The maximum atomic E-state index is 11.0. The van der Waals surface area contributed by atoms with Gasteiger partial charge in [-0.2, -0.15) is 11.8 Å². The number of rotatable bonds is 6. The van der Waals surface area contributed by atoms with Crippen LogP contribution in [-0.4, -0.2) is 30.9 Å². The summed E-state index contributed by atoms with van der Waals surface area (Å²) in [5, 5.41) is 0. The van der Waals surface area contributed by atoms with E-state index >= 15 is 0 Å². The van der Waals surface area contributed by atoms with Gasteiger partial charge in [-0.25, -0.2) is 0 Å². The molecule has 0 aromatic rings. The Balaban J connectivity index is 2.22. The molecule has 0 saturated heterocycles. The quantitative estimate of drug-likeness (QED) is 0.369. The molecule has 0 heterocycles. The van der Waals surface area contributed by atoms with Gasteiger partial charge in [-0.3, -0.25) is 4.79 Å². The Morgan fingerprint density at radius 3 is 2.77 bits per heavy atom. The molecule has 3 nitrogen and oxygen atoms in total. The lowest BCUT2D eigenvalue weighted by Crippen LogP contribution is -2.13. The standard InChI is InChI=1S/C9H14O3S/c1-12-8(11)6-9(2-3-9)7-13-5-4-10/h4H,2-3,5-7H2,1H3. The van der Waals surface area contributed by atoms with Crippen LogP contribution in [0.4, 0.5) is 0 Å². The van der Waals surface area contributed by atoms with Crippen molar-refractivity contribution in [1.29, 1.82) is 0 Å². The number of hydrogen-bond acceptors (Lipinski definition) is 4. The minimum Gasteiger partial charge on any atom is -0.469 e. The lowest BCUT2D eigenvalue weighted by Gasteiger charge is -2.11. The Bertz CT molecular complexity index is 199. The van der Waals surface area contributed by atoms with Gasteiger partial charge >= 0.3 is 5.97 Å². The van der Waals surface area contributed by atoms with E-state index in [2.05, 4.69) is 4.74 Å². The average Bonchev–Trinajstić information content (AvgIpc) is 2.86. The Morgan fingerprint density at radius 1 is 1.62 bits per heavy atom. The van der Waals surface area contributed by atoms with E-state index in [0.717, 1.165) is 24.9 Å². The molecule has 0 amide bonds. The van der Waals surface area contributed by atoms with Crippen LogP contribution in [0.2, 0.25) is 0 Å². The van der Waals surface area contributed by atoms with Gasteiger partial charge in [-0.15, -0.1) is 0 Å². The van der Waals surface area contributed by atoms with E-state index in [1.807, 2.05) is 0 Å². The van der Waals surface area contributed by atoms with Crippen LogP contribution in [0.1, 0.15) is 19.3 Å². The van der Waals surface area contributed by atoms with Crippen LogP contribution in [0.5, 0.6) is 0 Å². The third-order valence-corrected chi connectivity index (χ3v) is 3.49. The molecule has 0 aromatic heterocycles. The van der Waals surface area contributed by atoms with Crippen LogP contribution in [0.15, 0.2) is 0 Å². The number of thioether (sulfide) groups is 1. The van der Waals surface area contributed by atoms with Crippen LogP contribution < -0.4 is 0 Å². The summed E-state index contributed by atoms with van der Waals surface area (Å²) in [5.74, 6) is 1.30. The predicted octanol–water partition coefficient (Wildman–Crippen LogP) is 1.26. The summed E-state index contributed by atoms with van der Waals surface area (Å²) in [6.07, 6.45) is 3.59. The van der Waals surface area contributed by atoms with Crippen molar-refractivity contribution in [3.8, 4) is 0 Å². The SMILES string of the molecule is COC(=O)CC1(CSCC=O)CC1. The summed E-state index contributed by atoms with van der Waals surface area (Å²) in [7, 11) is 1.41. The van der Waals surface area contributed by atoms with E-state index in [9.17, 15) is 9.59 Å². The van der Waals surface area contributed by atoms with Crippen molar-refractivity contribution in [2.45, 2.75) is 19.3 Å². The lowest BCUT2D eigenvalue weighted by molar-refractivity contribution is -0.141. The molecule has 0 unspecified atom stereocenters. The van der Waals surface area contributed by atoms with Crippen molar-refractivity contribution in [2.24, 2.45) is 5.41 Å². The zero-order valence-corrected chi connectivity index (χ0v) is 8.56. The Hall–Kier alpha value is -0.510. The molecule has 1 saturated carbocycles. The van der Waals surface area contributed by atoms with Gasteiger partial charge in [-0.05, 0) is 24.0 Å². The summed E-state index contributed by atoms with van der Waals surface area (Å²) < 4.78 is 4.61. The Labute approximate surface area is 82.2 Å². The average molecular weight is 202 g/mol. The number of carbonyl (C=O) groups excluding carboxylic acids is 2. The fourth-order valence-corrected chi connectivity index (χ4v) is 2.29. The van der Waals surface area contributed by atoms with Gasteiger partial charge in [0.15, 0.2) is 0 Å². The number of aldehydes is 1. The zero-order chi connectivity index (χ0) is 9.73. The zero-order valence-electron chi connectivity index (χ0n) is 7.75. The summed E-state index contributed by atoms with van der Waals surface area (Å²) in [6, 6.07) is 0. The van der Waals surface area contributed by atoms with Crippen LogP contribution >= 0.6 is 11.8 Å². The number of carbonyl (C=O) groups is 2. The second-order valence-electron chi connectivity index (χ2n) is 3.43. The van der Waals surface area contributed by atoms with E-state index in [-0.39, 0.29) is 11.4 Å². The van der Waals surface area contributed by atoms with Gasteiger partial charge in [0.2, 0.25) is 0 Å². The monoisotopic (exact) mass is 202 g/mol. The largest absolute Gasteiger partial charge is 0.469 e. The van der Waals surface area contributed by atoms with Crippen molar-refractivity contribution in [2.75, 3.05) is 18.6 Å². The number of hydrogen-bond donors (Lipinski definition) is 0. The van der Waals surface area contributed by atoms with Crippen molar-refractivity contribution in [3.05, 3.63) is 0 Å². The molecule has 0 aliphatic heterocycles. The van der Waals surface area contributed by atoms with E-state index in [0.29, 0.717) is 12.2 Å². The first kappa shape index (κ1) is 10.6. The molecule has 1 fully saturated rings. The van der Waals surface area contributed by atoms with Gasteiger partial charge in [0.1, 0.15) is 6.29 Å². The molecule has 0 bridgehead atoms. The first-order chi connectivity index (χ1) is 6.22. The van der Waals surface area contributed by atoms with Crippen molar-refractivity contribution >= 4 is 24.0 Å². The number of ether oxygens (including phenoxy) is 1. The minimum atomic E-state index is -0.135. The van der Waals surface area contributed by atoms with Crippen molar-refractivity contribution in [3.63, 3.8) is 0 Å². The molecule has 74 valence electrons. The third-order valence-electron chi connectivity index (χ3n) is 2.30. The highest BCUT2D eigenvalue weighted by Crippen LogP contribution is 2.51. The van der Waals surface area contributed by atoms with E-state index < -0.39 is 0 Å². The molecule has 0 N–H and O–H groups in total. The van der Waals surface area contributed by atoms with Crippen molar-refractivity contribution < 1.29 is 14.3 Å². The first-order valence-electron chi connectivity index (χ1n) is 4.31. The molecular weight excluding hydrogens is 188 g/mol. The van der Waals surface area contributed by atoms with E-state index in [1.54, 1.807) is 11.8 Å². The molecular formula is C9H14O3S. The minimum absolute atomic E-state index is 0.135. The maximum absolute atomic E-state index is 11.0.